The van der Waals surface area contributed by atoms with Crippen LogP contribution in [0.1, 0.15) is 45.1 Å². The van der Waals surface area contributed by atoms with Gasteiger partial charge in [0.15, 0.2) is 0 Å². The highest BCUT2D eigenvalue weighted by Crippen LogP contribution is 2.35. The summed E-state index contributed by atoms with van der Waals surface area (Å²) in [5, 5.41) is 4.40. The maximum Gasteiger partial charge on any atom is 0.230 e. The minimum absolute atomic E-state index is 0.242. The Morgan fingerprint density at radius 3 is 2.68 bits per heavy atom. The second kappa shape index (κ2) is 8.74. The van der Waals surface area contributed by atoms with Crippen molar-refractivity contribution >= 4 is 5.71 Å². The Bertz CT molecular complexity index is 483. The number of nitrogens with zero attached hydrogens (tertiary/aromatic N) is 1. The molecular weight excluding hydrogens is 274 g/mol. The van der Waals surface area contributed by atoms with E-state index in [2.05, 4.69) is 30.8 Å². The summed E-state index contributed by atoms with van der Waals surface area (Å²) in [5.41, 5.74) is 2.16. The van der Waals surface area contributed by atoms with Gasteiger partial charge in [0.25, 0.3) is 0 Å². The lowest BCUT2D eigenvalue weighted by Gasteiger charge is -2.36. The molecule has 0 aromatic heterocycles. The molecule has 1 aliphatic rings. The van der Waals surface area contributed by atoms with Crippen molar-refractivity contribution < 1.29 is 9.57 Å². The fourth-order valence-corrected chi connectivity index (χ4v) is 3.08. The zero-order valence-electron chi connectivity index (χ0n) is 13.7. The molecule has 0 aliphatic carbocycles. The first kappa shape index (κ1) is 16.8. The van der Waals surface area contributed by atoms with Gasteiger partial charge in [0.2, 0.25) is 6.29 Å². The molecule has 0 N–H and O–H groups in total. The topological polar surface area (TPSA) is 30.8 Å². The Morgan fingerprint density at radius 1 is 1.27 bits per heavy atom. The van der Waals surface area contributed by atoms with Crippen molar-refractivity contribution in [2.75, 3.05) is 6.61 Å². The third kappa shape index (κ3) is 3.98. The van der Waals surface area contributed by atoms with E-state index in [1.54, 1.807) is 0 Å². The average molecular weight is 301 g/mol. The van der Waals surface area contributed by atoms with Crippen molar-refractivity contribution in [2.45, 2.75) is 45.8 Å². The number of ether oxygens (including phenoxy) is 1. The van der Waals surface area contributed by atoms with E-state index in [1.165, 1.54) is 12.8 Å². The van der Waals surface area contributed by atoms with Crippen LogP contribution in [0.2, 0.25) is 0 Å². The summed E-state index contributed by atoms with van der Waals surface area (Å²) in [6.45, 7) is 8.79. The third-order valence-corrected chi connectivity index (χ3v) is 4.18. The van der Waals surface area contributed by atoms with Crippen LogP contribution in [-0.4, -0.2) is 18.6 Å². The number of oxime groups is 1. The predicted octanol–water partition coefficient (Wildman–Crippen LogP) is 4.78. The zero-order valence-corrected chi connectivity index (χ0v) is 13.7. The summed E-state index contributed by atoms with van der Waals surface area (Å²) in [5.74, 6) is 0.627. The van der Waals surface area contributed by atoms with Crippen molar-refractivity contribution in [1.29, 1.82) is 0 Å². The number of hydrogen-bond donors (Lipinski definition) is 0. The van der Waals surface area contributed by atoms with Crippen LogP contribution >= 0.6 is 0 Å². The van der Waals surface area contributed by atoms with Gasteiger partial charge >= 0.3 is 0 Å². The Kier molecular flexibility index (Phi) is 6.66. The molecule has 22 heavy (non-hydrogen) atoms. The molecule has 0 unspecified atom stereocenters. The summed E-state index contributed by atoms with van der Waals surface area (Å²) >= 11 is 0. The number of unbranched alkanes of at least 4 members (excludes halogenated alkanes) is 1. The quantitative estimate of drug-likeness (QED) is 0.647. The van der Waals surface area contributed by atoms with E-state index in [9.17, 15) is 0 Å². The van der Waals surface area contributed by atoms with Gasteiger partial charge in [-0.2, -0.15) is 0 Å². The smallest absolute Gasteiger partial charge is 0.230 e. The molecule has 0 radical (unpaired) electrons. The molecule has 1 aliphatic heterocycles. The van der Waals surface area contributed by atoms with Gasteiger partial charge in [-0.15, -0.1) is 6.58 Å². The van der Waals surface area contributed by atoms with Gasteiger partial charge in [0.1, 0.15) is 0 Å². The molecule has 0 saturated heterocycles. The minimum Gasteiger partial charge on any atom is -0.363 e. The molecule has 120 valence electrons. The van der Waals surface area contributed by atoms with Gasteiger partial charge in [-0.25, -0.2) is 0 Å². The van der Waals surface area contributed by atoms with Gasteiger partial charge in [-0.3, -0.25) is 0 Å². The first-order valence-corrected chi connectivity index (χ1v) is 8.33. The molecule has 0 fully saturated rings. The maximum absolute atomic E-state index is 5.79. The van der Waals surface area contributed by atoms with Gasteiger partial charge in [-0.05, 0) is 25.3 Å². The van der Waals surface area contributed by atoms with Gasteiger partial charge < -0.3 is 9.57 Å². The molecule has 1 aromatic carbocycles. The molecule has 1 heterocycles. The maximum atomic E-state index is 5.79. The van der Waals surface area contributed by atoms with E-state index in [0.29, 0.717) is 18.4 Å². The van der Waals surface area contributed by atoms with Crippen LogP contribution in [0.3, 0.4) is 0 Å². The third-order valence-electron chi connectivity index (χ3n) is 4.18. The Balaban J connectivity index is 2.30. The first-order chi connectivity index (χ1) is 10.8. The molecule has 3 atom stereocenters. The summed E-state index contributed by atoms with van der Waals surface area (Å²) in [4.78, 5) is 5.70. The van der Waals surface area contributed by atoms with Crippen molar-refractivity contribution in [3.05, 3.63) is 48.6 Å². The average Bonchev–Trinajstić information content (AvgIpc) is 2.56. The highest BCUT2D eigenvalue weighted by molar-refractivity contribution is 6.02. The summed E-state index contributed by atoms with van der Waals surface area (Å²) in [6, 6.07) is 10.3. The van der Waals surface area contributed by atoms with E-state index in [0.717, 1.165) is 24.1 Å². The molecule has 0 bridgehead atoms. The SMILES string of the molecule is C=CC[C@H]1C(c2ccccc2)=NO[C@@H](OCC)[C@@H]1CCCC. The van der Waals surface area contributed by atoms with Gasteiger partial charge in [0, 0.05) is 18.4 Å². The van der Waals surface area contributed by atoms with Crippen LogP contribution in [0.15, 0.2) is 48.1 Å². The van der Waals surface area contributed by atoms with Crippen molar-refractivity contribution in [3.8, 4) is 0 Å². The Morgan fingerprint density at radius 2 is 2.05 bits per heavy atom. The summed E-state index contributed by atoms with van der Waals surface area (Å²) < 4.78 is 5.79. The fraction of sp³-hybridized carbons (Fsp3) is 0.526. The second-order valence-electron chi connectivity index (χ2n) is 5.71. The standard InChI is InChI=1S/C19H27NO2/c1-4-7-14-17-16(11-5-2)18(15-12-9-8-10-13-15)20-22-19(17)21-6-3/h5,8-10,12-13,16-17,19H,2,4,6-7,11,14H2,1,3H3/t16-,17-,19-/m1/s1. The lowest BCUT2D eigenvalue weighted by Crippen LogP contribution is -2.40. The highest BCUT2D eigenvalue weighted by Gasteiger charge is 2.38. The molecule has 2 rings (SSSR count). The predicted molar refractivity (Wildman–Crippen MR) is 90.8 cm³/mol. The van der Waals surface area contributed by atoms with E-state index in [4.69, 9.17) is 9.57 Å². The molecular formula is C19H27NO2. The van der Waals surface area contributed by atoms with Gasteiger partial charge in [-0.1, -0.05) is 61.3 Å². The minimum atomic E-state index is -0.242. The number of allylic oxidation sites excluding steroid dienone is 1. The number of rotatable bonds is 8. The summed E-state index contributed by atoms with van der Waals surface area (Å²) in [7, 11) is 0. The lowest BCUT2D eigenvalue weighted by molar-refractivity contribution is -0.186. The highest BCUT2D eigenvalue weighted by atomic mass is 16.8. The van der Waals surface area contributed by atoms with Crippen LogP contribution in [0, 0.1) is 11.8 Å². The largest absolute Gasteiger partial charge is 0.363 e. The number of benzene rings is 1. The van der Waals surface area contributed by atoms with E-state index in [1.807, 2.05) is 31.2 Å². The molecule has 1 aromatic rings. The van der Waals surface area contributed by atoms with Crippen molar-refractivity contribution in [2.24, 2.45) is 17.0 Å². The Hall–Kier alpha value is -1.61. The summed E-state index contributed by atoms with van der Waals surface area (Å²) in [6.07, 6.45) is 6.08. The van der Waals surface area contributed by atoms with Gasteiger partial charge in [0.05, 0.1) is 5.71 Å². The monoisotopic (exact) mass is 301 g/mol. The normalized spacial score (nSPS) is 24.5. The molecule has 0 spiro atoms. The second-order valence-corrected chi connectivity index (χ2v) is 5.71. The molecule has 0 amide bonds. The molecule has 3 nitrogen and oxygen atoms in total. The fourth-order valence-electron chi connectivity index (χ4n) is 3.08. The van der Waals surface area contributed by atoms with Crippen LogP contribution < -0.4 is 0 Å². The number of hydrogen-bond acceptors (Lipinski definition) is 3. The van der Waals surface area contributed by atoms with E-state index >= 15 is 0 Å². The molecule has 0 saturated carbocycles. The Labute approximate surface area is 134 Å². The van der Waals surface area contributed by atoms with Crippen LogP contribution in [-0.2, 0) is 9.57 Å². The van der Waals surface area contributed by atoms with Crippen LogP contribution in [0.4, 0.5) is 0 Å². The lowest BCUT2D eigenvalue weighted by atomic mass is 9.79. The van der Waals surface area contributed by atoms with Crippen LogP contribution in [0.5, 0.6) is 0 Å². The molecule has 3 heteroatoms. The van der Waals surface area contributed by atoms with Crippen molar-refractivity contribution in [1.82, 2.24) is 0 Å². The van der Waals surface area contributed by atoms with Crippen LogP contribution in [0.25, 0.3) is 0 Å². The van der Waals surface area contributed by atoms with E-state index in [-0.39, 0.29) is 6.29 Å². The first-order valence-electron chi connectivity index (χ1n) is 8.33. The van der Waals surface area contributed by atoms with E-state index < -0.39 is 0 Å². The van der Waals surface area contributed by atoms with Crippen molar-refractivity contribution in [3.63, 3.8) is 0 Å². The zero-order chi connectivity index (χ0) is 15.8.